The Morgan fingerprint density at radius 2 is 2.47 bits per heavy atom. The summed E-state index contributed by atoms with van der Waals surface area (Å²) in [5, 5.41) is 3.25. The van der Waals surface area contributed by atoms with Crippen LogP contribution in [0.2, 0.25) is 0 Å². The van der Waals surface area contributed by atoms with Crippen LogP contribution in [0.15, 0.2) is 11.6 Å². The Kier molecular flexibility index (Phi) is 3.92. The zero-order chi connectivity index (χ0) is 10.5. The molecule has 1 saturated heterocycles. The number of rotatable bonds is 3. The van der Waals surface area contributed by atoms with Gasteiger partial charge in [0.1, 0.15) is 0 Å². The summed E-state index contributed by atoms with van der Waals surface area (Å²) in [4.78, 5) is 11.9. The van der Waals surface area contributed by atoms with E-state index in [1.165, 1.54) is 12.8 Å². The lowest BCUT2D eigenvalue weighted by Crippen LogP contribution is -2.39. The third-order valence-electron chi connectivity index (χ3n) is 3.07. The van der Waals surface area contributed by atoms with E-state index in [2.05, 4.69) is 11.4 Å². The van der Waals surface area contributed by atoms with E-state index in [0.29, 0.717) is 12.2 Å². The largest absolute Gasteiger partial charge is 0.375 e. The van der Waals surface area contributed by atoms with E-state index in [0.717, 1.165) is 38.1 Å². The number of nitrogens with one attached hydrogen (secondary N) is 1. The molecule has 1 N–H and O–H groups in total. The van der Waals surface area contributed by atoms with Gasteiger partial charge in [-0.25, -0.2) is 0 Å². The SMILES string of the molecule is O=C(CC1CNCCO1)C1=CCCCC1. The Labute approximate surface area is 90.9 Å². The molecular formula is C12H19NO2. The number of allylic oxidation sites excluding steroid dienone is 2. The lowest BCUT2D eigenvalue weighted by Gasteiger charge is -2.23. The maximum atomic E-state index is 11.9. The van der Waals surface area contributed by atoms with Crippen molar-refractivity contribution >= 4 is 5.78 Å². The van der Waals surface area contributed by atoms with Crippen molar-refractivity contribution < 1.29 is 9.53 Å². The van der Waals surface area contributed by atoms with Crippen molar-refractivity contribution in [3.05, 3.63) is 11.6 Å². The predicted molar refractivity (Wildman–Crippen MR) is 58.8 cm³/mol. The second kappa shape index (κ2) is 5.42. The minimum absolute atomic E-state index is 0.0917. The van der Waals surface area contributed by atoms with E-state index in [4.69, 9.17) is 4.74 Å². The van der Waals surface area contributed by atoms with E-state index < -0.39 is 0 Å². The molecule has 0 radical (unpaired) electrons. The normalized spacial score (nSPS) is 27.2. The molecule has 1 heterocycles. The predicted octanol–water partition coefficient (Wildman–Crippen LogP) is 1.43. The summed E-state index contributed by atoms with van der Waals surface area (Å²) >= 11 is 0. The first-order valence-electron chi connectivity index (χ1n) is 5.91. The zero-order valence-electron chi connectivity index (χ0n) is 9.13. The van der Waals surface area contributed by atoms with Gasteiger partial charge in [-0.1, -0.05) is 6.08 Å². The van der Waals surface area contributed by atoms with Crippen molar-refractivity contribution in [1.29, 1.82) is 0 Å². The zero-order valence-corrected chi connectivity index (χ0v) is 9.13. The lowest BCUT2D eigenvalue weighted by molar-refractivity contribution is -0.119. The lowest BCUT2D eigenvalue weighted by atomic mass is 9.94. The van der Waals surface area contributed by atoms with Gasteiger partial charge < -0.3 is 10.1 Å². The van der Waals surface area contributed by atoms with Crippen molar-refractivity contribution in [2.75, 3.05) is 19.7 Å². The number of hydrogen-bond donors (Lipinski definition) is 1. The standard InChI is InChI=1S/C12H19NO2/c14-12(10-4-2-1-3-5-10)8-11-9-13-6-7-15-11/h4,11,13H,1-3,5-9H2. The molecule has 1 aliphatic carbocycles. The summed E-state index contributed by atoms with van der Waals surface area (Å²) in [5.41, 5.74) is 1.04. The molecule has 3 nitrogen and oxygen atoms in total. The van der Waals surface area contributed by atoms with Crippen LogP contribution in [0.1, 0.15) is 32.1 Å². The topological polar surface area (TPSA) is 38.3 Å². The van der Waals surface area contributed by atoms with Crippen LogP contribution < -0.4 is 5.32 Å². The molecule has 0 spiro atoms. The van der Waals surface area contributed by atoms with Gasteiger partial charge in [-0.15, -0.1) is 0 Å². The van der Waals surface area contributed by atoms with Crippen LogP contribution >= 0.6 is 0 Å². The molecule has 2 rings (SSSR count). The van der Waals surface area contributed by atoms with Gasteiger partial charge >= 0.3 is 0 Å². The van der Waals surface area contributed by atoms with Crippen LogP contribution in [-0.4, -0.2) is 31.6 Å². The third kappa shape index (κ3) is 3.14. The van der Waals surface area contributed by atoms with Crippen molar-refractivity contribution in [2.45, 2.75) is 38.2 Å². The van der Waals surface area contributed by atoms with Gasteiger partial charge in [0.2, 0.25) is 0 Å². The number of Topliss-reactive ketones (excluding diaryl/α,β-unsaturated/α-hetero) is 1. The maximum absolute atomic E-state index is 11.9. The molecule has 84 valence electrons. The Morgan fingerprint density at radius 1 is 1.53 bits per heavy atom. The van der Waals surface area contributed by atoms with E-state index in [9.17, 15) is 4.79 Å². The number of ether oxygens (including phenoxy) is 1. The number of hydrogen-bond acceptors (Lipinski definition) is 3. The molecule has 1 unspecified atom stereocenters. The Balaban J connectivity index is 1.82. The summed E-state index contributed by atoms with van der Waals surface area (Å²) < 4.78 is 5.53. The number of morpholine rings is 1. The van der Waals surface area contributed by atoms with Crippen molar-refractivity contribution in [2.24, 2.45) is 0 Å². The molecule has 15 heavy (non-hydrogen) atoms. The summed E-state index contributed by atoms with van der Waals surface area (Å²) in [6, 6.07) is 0. The van der Waals surface area contributed by atoms with Gasteiger partial charge in [0.15, 0.2) is 5.78 Å². The number of carbonyl (C=O) groups is 1. The molecule has 1 aliphatic heterocycles. The van der Waals surface area contributed by atoms with E-state index in [1.807, 2.05) is 0 Å². The average molecular weight is 209 g/mol. The Morgan fingerprint density at radius 3 is 3.13 bits per heavy atom. The highest BCUT2D eigenvalue weighted by atomic mass is 16.5. The number of carbonyl (C=O) groups excluding carboxylic acids is 1. The summed E-state index contributed by atoms with van der Waals surface area (Å²) in [7, 11) is 0. The maximum Gasteiger partial charge on any atom is 0.161 e. The molecule has 0 aromatic rings. The fraction of sp³-hybridized carbons (Fsp3) is 0.750. The second-order valence-corrected chi connectivity index (χ2v) is 4.30. The molecule has 1 fully saturated rings. The Bertz CT molecular complexity index is 254. The highest BCUT2D eigenvalue weighted by Crippen LogP contribution is 2.20. The summed E-state index contributed by atoms with van der Waals surface area (Å²) in [5.74, 6) is 0.295. The molecule has 0 amide bonds. The monoisotopic (exact) mass is 209 g/mol. The third-order valence-corrected chi connectivity index (χ3v) is 3.07. The van der Waals surface area contributed by atoms with Gasteiger partial charge in [0.05, 0.1) is 12.7 Å². The van der Waals surface area contributed by atoms with Crippen LogP contribution in [0.4, 0.5) is 0 Å². The molecule has 2 aliphatic rings. The fourth-order valence-corrected chi connectivity index (χ4v) is 2.18. The molecule has 0 saturated carbocycles. The van der Waals surface area contributed by atoms with E-state index in [-0.39, 0.29) is 6.10 Å². The molecule has 1 atom stereocenters. The highest BCUT2D eigenvalue weighted by molar-refractivity contribution is 5.95. The summed E-state index contributed by atoms with van der Waals surface area (Å²) in [6.07, 6.45) is 7.21. The minimum atomic E-state index is 0.0917. The van der Waals surface area contributed by atoms with Crippen LogP contribution in [0.3, 0.4) is 0 Å². The smallest absolute Gasteiger partial charge is 0.161 e. The summed E-state index contributed by atoms with van der Waals surface area (Å²) in [6.45, 7) is 2.46. The van der Waals surface area contributed by atoms with Gasteiger partial charge in [-0.05, 0) is 31.3 Å². The first kappa shape index (κ1) is 10.8. The van der Waals surface area contributed by atoms with Crippen molar-refractivity contribution in [3.63, 3.8) is 0 Å². The van der Waals surface area contributed by atoms with E-state index in [1.54, 1.807) is 0 Å². The molecule has 0 aromatic heterocycles. The fourth-order valence-electron chi connectivity index (χ4n) is 2.18. The molecule has 0 bridgehead atoms. The molecule has 0 aromatic carbocycles. The van der Waals surface area contributed by atoms with Crippen LogP contribution in [0, 0.1) is 0 Å². The van der Waals surface area contributed by atoms with Crippen molar-refractivity contribution in [3.8, 4) is 0 Å². The minimum Gasteiger partial charge on any atom is -0.375 e. The van der Waals surface area contributed by atoms with Gasteiger partial charge in [0, 0.05) is 19.5 Å². The highest BCUT2D eigenvalue weighted by Gasteiger charge is 2.20. The van der Waals surface area contributed by atoms with Crippen molar-refractivity contribution in [1.82, 2.24) is 5.32 Å². The van der Waals surface area contributed by atoms with Crippen LogP contribution in [-0.2, 0) is 9.53 Å². The van der Waals surface area contributed by atoms with Crippen LogP contribution in [0.5, 0.6) is 0 Å². The Hall–Kier alpha value is -0.670. The first-order chi connectivity index (χ1) is 7.36. The molecule has 3 heteroatoms. The number of ketones is 1. The first-order valence-corrected chi connectivity index (χ1v) is 5.91. The van der Waals surface area contributed by atoms with Gasteiger partial charge in [-0.3, -0.25) is 4.79 Å². The van der Waals surface area contributed by atoms with Crippen LogP contribution in [0.25, 0.3) is 0 Å². The van der Waals surface area contributed by atoms with E-state index >= 15 is 0 Å². The molecular weight excluding hydrogens is 190 g/mol. The quantitative estimate of drug-likeness (QED) is 0.764. The van der Waals surface area contributed by atoms with Gasteiger partial charge in [0.25, 0.3) is 0 Å². The van der Waals surface area contributed by atoms with Gasteiger partial charge in [-0.2, -0.15) is 0 Å². The second-order valence-electron chi connectivity index (χ2n) is 4.30. The average Bonchev–Trinajstić information content (AvgIpc) is 2.31.